The molecule has 0 aliphatic rings. The summed E-state index contributed by atoms with van der Waals surface area (Å²) in [6.07, 6.45) is 0. The van der Waals surface area contributed by atoms with Crippen LogP contribution in [0.2, 0.25) is 0 Å². The van der Waals surface area contributed by atoms with Crippen molar-refractivity contribution in [2.75, 3.05) is 11.8 Å². The first kappa shape index (κ1) is 14.8. The Morgan fingerprint density at radius 3 is 2.67 bits per heavy atom. The predicted octanol–water partition coefficient (Wildman–Crippen LogP) is 0.671. The molecule has 10 heteroatoms. The number of rotatable bonds is 4. The molecule has 2 rings (SSSR count). The molecule has 1 aromatic heterocycles. The number of anilines is 1. The maximum Gasteiger partial charge on any atom is 0.341 e. The van der Waals surface area contributed by atoms with E-state index in [1.807, 2.05) is 0 Å². The molecule has 0 saturated carbocycles. The average molecular weight is 313 g/mol. The van der Waals surface area contributed by atoms with Gasteiger partial charge in [0, 0.05) is 6.92 Å². The van der Waals surface area contributed by atoms with Gasteiger partial charge in [0.1, 0.15) is 11.3 Å². The third kappa shape index (κ3) is 3.11. The van der Waals surface area contributed by atoms with Crippen molar-refractivity contribution in [2.24, 2.45) is 0 Å². The number of phenolic OH excluding ortho intramolecular Hbond substituents is 1. The summed E-state index contributed by atoms with van der Waals surface area (Å²) in [5.74, 6) is -1.07. The van der Waals surface area contributed by atoms with Crippen LogP contribution in [-0.4, -0.2) is 36.8 Å². The number of aromatic nitrogens is 2. The van der Waals surface area contributed by atoms with Crippen molar-refractivity contribution in [1.29, 1.82) is 0 Å². The molecule has 0 spiro atoms. The van der Waals surface area contributed by atoms with E-state index in [0.29, 0.717) is 0 Å². The fourth-order valence-electron chi connectivity index (χ4n) is 1.47. The standard InChI is InChI=1S/C11H11N3O6S/c1-6-12-13-11(20-6)14-21(17,18)7-3-4-9(15)8(5-7)10(16)19-2/h3-5,15H,1-2H3,(H,13,14). The van der Waals surface area contributed by atoms with Gasteiger partial charge in [0.25, 0.3) is 10.0 Å². The molecule has 0 atom stereocenters. The number of esters is 1. The lowest BCUT2D eigenvalue weighted by molar-refractivity contribution is 0.0597. The zero-order valence-electron chi connectivity index (χ0n) is 11.0. The normalized spacial score (nSPS) is 11.1. The van der Waals surface area contributed by atoms with Crippen molar-refractivity contribution in [3.05, 3.63) is 29.7 Å². The molecule has 2 N–H and O–H groups in total. The van der Waals surface area contributed by atoms with E-state index in [4.69, 9.17) is 4.42 Å². The van der Waals surface area contributed by atoms with Crippen LogP contribution in [0.5, 0.6) is 5.75 Å². The molecule has 0 aliphatic carbocycles. The number of methoxy groups -OCH3 is 1. The number of hydrogen-bond donors (Lipinski definition) is 2. The molecule has 0 fully saturated rings. The number of nitrogens with one attached hydrogen (secondary N) is 1. The van der Waals surface area contributed by atoms with Crippen molar-refractivity contribution in [3.63, 3.8) is 0 Å². The van der Waals surface area contributed by atoms with Crippen LogP contribution in [-0.2, 0) is 14.8 Å². The molecule has 0 radical (unpaired) electrons. The lowest BCUT2D eigenvalue weighted by Gasteiger charge is -2.07. The Balaban J connectivity index is 2.38. The zero-order chi connectivity index (χ0) is 15.6. The maximum absolute atomic E-state index is 12.1. The monoisotopic (exact) mass is 313 g/mol. The summed E-state index contributed by atoms with van der Waals surface area (Å²) in [6, 6.07) is 2.86. The average Bonchev–Trinajstić information content (AvgIpc) is 2.82. The van der Waals surface area contributed by atoms with Crippen molar-refractivity contribution in [2.45, 2.75) is 11.8 Å². The summed E-state index contributed by atoms with van der Waals surface area (Å²) in [7, 11) is -2.93. The highest BCUT2D eigenvalue weighted by atomic mass is 32.2. The van der Waals surface area contributed by atoms with Gasteiger partial charge in [-0.05, 0) is 18.2 Å². The lowest BCUT2D eigenvalue weighted by atomic mass is 10.2. The number of aromatic hydroxyl groups is 1. The van der Waals surface area contributed by atoms with Crippen molar-refractivity contribution in [3.8, 4) is 5.75 Å². The summed E-state index contributed by atoms with van der Waals surface area (Å²) in [5, 5.41) is 16.5. The summed E-state index contributed by atoms with van der Waals surface area (Å²) < 4.78 is 35.6. The smallest absolute Gasteiger partial charge is 0.341 e. The van der Waals surface area contributed by atoms with Crippen LogP contribution in [0.3, 0.4) is 0 Å². The minimum Gasteiger partial charge on any atom is -0.507 e. The van der Waals surface area contributed by atoms with Gasteiger partial charge in [-0.1, -0.05) is 5.10 Å². The van der Waals surface area contributed by atoms with E-state index in [9.17, 15) is 18.3 Å². The fourth-order valence-corrected chi connectivity index (χ4v) is 2.42. The van der Waals surface area contributed by atoms with E-state index in [2.05, 4.69) is 19.7 Å². The zero-order valence-corrected chi connectivity index (χ0v) is 11.8. The Hall–Kier alpha value is -2.62. The number of hydrogen-bond acceptors (Lipinski definition) is 8. The van der Waals surface area contributed by atoms with E-state index in [0.717, 1.165) is 25.3 Å². The third-order valence-corrected chi connectivity index (χ3v) is 3.75. The van der Waals surface area contributed by atoms with Gasteiger partial charge in [0.2, 0.25) is 5.89 Å². The highest BCUT2D eigenvalue weighted by molar-refractivity contribution is 7.92. The second kappa shape index (κ2) is 5.40. The molecule has 112 valence electrons. The molecule has 0 amide bonds. The third-order valence-electron chi connectivity index (χ3n) is 2.43. The largest absolute Gasteiger partial charge is 0.507 e. The highest BCUT2D eigenvalue weighted by Crippen LogP contribution is 2.23. The van der Waals surface area contributed by atoms with Gasteiger partial charge in [-0.25, -0.2) is 17.9 Å². The molecule has 0 aliphatic heterocycles. The van der Waals surface area contributed by atoms with Gasteiger partial charge in [0.15, 0.2) is 0 Å². The van der Waals surface area contributed by atoms with Crippen LogP contribution < -0.4 is 4.72 Å². The van der Waals surface area contributed by atoms with Crippen LogP contribution in [0.15, 0.2) is 27.5 Å². The second-order valence-corrected chi connectivity index (χ2v) is 5.58. The molecule has 0 bridgehead atoms. The Bertz CT molecular complexity index is 783. The Morgan fingerprint density at radius 2 is 2.10 bits per heavy atom. The number of aryl methyl sites for hydroxylation is 1. The lowest BCUT2D eigenvalue weighted by Crippen LogP contribution is -2.14. The molecule has 9 nitrogen and oxygen atoms in total. The Labute approximate surface area is 119 Å². The van der Waals surface area contributed by atoms with Crippen molar-refractivity contribution >= 4 is 22.0 Å². The van der Waals surface area contributed by atoms with Gasteiger partial charge < -0.3 is 14.3 Å². The number of carbonyl (C=O) groups excluding carboxylic acids is 1. The molecule has 21 heavy (non-hydrogen) atoms. The highest BCUT2D eigenvalue weighted by Gasteiger charge is 2.21. The molecule has 1 heterocycles. The quantitative estimate of drug-likeness (QED) is 0.787. The Morgan fingerprint density at radius 1 is 1.38 bits per heavy atom. The molecule has 0 saturated heterocycles. The van der Waals surface area contributed by atoms with E-state index in [1.54, 1.807) is 0 Å². The summed E-state index contributed by atoms with van der Waals surface area (Å²) >= 11 is 0. The number of ether oxygens (including phenoxy) is 1. The molecule has 2 aromatic rings. The summed E-state index contributed by atoms with van der Waals surface area (Å²) in [5.41, 5.74) is -0.276. The van der Waals surface area contributed by atoms with Crippen LogP contribution in [0.1, 0.15) is 16.2 Å². The number of sulfonamides is 1. The van der Waals surface area contributed by atoms with Crippen LogP contribution >= 0.6 is 0 Å². The van der Waals surface area contributed by atoms with Crippen molar-refractivity contribution < 1.29 is 27.5 Å². The minimum atomic E-state index is -4.05. The molecule has 1 aromatic carbocycles. The van der Waals surface area contributed by atoms with E-state index < -0.39 is 21.7 Å². The summed E-state index contributed by atoms with van der Waals surface area (Å²) in [4.78, 5) is 11.2. The minimum absolute atomic E-state index is 0.189. The van der Waals surface area contributed by atoms with Gasteiger partial charge >= 0.3 is 12.0 Å². The molecule has 0 unspecified atom stereocenters. The van der Waals surface area contributed by atoms with Gasteiger partial charge in [-0.2, -0.15) is 0 Å². The topological polar surface area (TPSA) is 132 Å². The molecular weight excluding hydrogens is 302 g/mol. The second-order valence-electron chi connectivity index (χ2n) is 3.90. The van der Waals surface area contributed by atoms with Crippen LogP contribution in [0.25, 0.3) is 0 Å². The Kier molecular flexibility index (Phi) is 3.80. The van der Waals surface area contributed by atoms with E-state index in [-0.39, 0.29) is 22.4 Å². The van der Waals surface area contributed by atoms with E-state index >= 15 is 0 Å². The van der Waals surface area contributed by atoms with Gasteiger partial charge in [0.05, 0.1) is 12.0 Å². The van der Waals surface area contributed by atoms with Crippen molar-refractivity contribution in [1.82, 2.24) is 10.2 Å². The van der Waals surface area contributed by atoms with Crippen LogP contribution in [0, 0.1) is 6.92 Å². The predicted molar refractivity (Wildman–Crippen MR) is 69.3 cm³/mol. The van der Waals surface area contributed by atoms with Gasteiger partial charge in [-0.3, -0.25) is 0 Å². The number of nitrogens with zero attached hydrogens (tertiary/aromatic N) is 2. The maximum atomic E-state index is 12.1. The first-order valence-corrected chi connectivity index (χ1v) is 7.06. The van der Waals surface area contributed by atoms with E-state index in [1.165, 1.54) is 6.92 Å². The fraction of sp³-hybridized carbons (Fsp3) is 0.182. The SMILES string of the molecule is COC(=O)c1cc(S(=O)(=O)Nc2nnc(C)o2)ccc1O. The first-order valence-electron chi connectivity index (χ1n) is 5.58. The number of carbonyl (C=O) groups is 1. The van der Waals surface area contributed by atoms with Crippen LogP contribution in [0.4, 0.5) is 6.01 Å². The van der Waals surface area contributed by atoms with Gasteiger partial charge in [-0.15, -0.1) is 5.10 Å². The molecular formula is C11H11N3O6S. The summed E-state index contributed by atoms with van der Waals surface area (Å²) in [6.45, 7) is 1.50. The number of benzene rings is 1. The number of phenols is 1. The first-order chi connectivity index (χ1) is 9.83.